The predicted molar refractivity (Wildman–Crippen MR) is 124 cm³/mol. The van der Waals surface area contributed by atoms with E-state index in [1.165, 1.54) is 32.1 Å². The summed E-state index contributed by atoms with van der Waals surface area (Å²) in [5.41, 5.74) is 1.77. The van der Waals surface area contributed by atoms with Crippen LogP contribution in [-0.2, 0) is 6.54 Å². The number of thioether (sulfide) groups is 1. The molecule has 4 aliphatic carbocycles. The second kappa shape index (κ2) is 8.93. The standard InChI is InChI=1S/C25H31N3O3S/c1-2-6-32-24-21(13-26-28(24)14-15-4-3-5-18(8-15)25(30)31)23(29)27-22-19-9-16-7-17(11-19)12-20(22)10-16/h3-5,8,13,16-17,19-20,22H,2,6-7,9-12,14H2,1H3,(H,27,29)(H,30,31). The van der Waals surface area contributed by atoms with Crippen molar-refractivity contribution < 1.29 is 14.7 Å². The number of amides is 1. The molecule has 1 aromatic carbocycles. The van der Waals surface area contributed by atoms with Crippen molar-refractivity contribution in [2.75, 3.05) is 5.75 Å². The smallest absolute Gasteiger partial charge is 0.335 e. The number of nitrogens with zero attached hydrogens (tertiary/aromatic N) is 2. The molecule has 1 heterocycles. The minimum Gasteiger partial charge on any atom is -0.478 e. The van der Waals surface area contributed by atoms with E-state index in [0.29, 0.717) is 30.0 Å². The van der Waals surface area contributed by atoms with E-state index in [-0.39, 0.29) is 11.5 Å². The van der Waals surface area contributed by atoms with E-state index < -0.39 is 5.97 Å². The van der Waals surface area contributed by atoms with E-state index in [1.807, 2.05) is 10.7 Å². The molecular formula is C25H31N3O3S. The van der Waals surface area contributed by atoms with Crippen LogP contribution in [0.15, 0.2) is 35.5 Å². The van der Waals surface area contributed by atoms with Gasteiger partial charge in [-0.2, -0.15) is 5.10 Å². The van der Waals surface area contributed by atoms with E-state index in [1.54, 1.807) is 36.2 Å². The van der Waals surface area contributed by atoms with Gasteiger partial charge in [-0.05, 0) is 85.6 Å². The van der Waals surface area contributed by atoms with Crippen molar-refractivity contribution >= 4 is 23.6 Å². The van der Waals surface area contributed by atoms with Gasteiger partial charge in [0.25, 0.3) is 5.91 Å². The molecule has 2 N–H and O–H groups in total. The predicted octanol–water partition coefficient (Wildman–Crippen LogP) is 4.69. The Morgan fingerprint density at radius 2 is 1.88 bits per heavy atom. The minimum absolute atomic E-state index is 0.00777. The quantitative estimate of drug-likeness (QED) is 0.567. The topological polar surface area (TPSA) is 84.2 Å². The van der Waals surface area contributed by atoms with Crippen LogP contribution in [0.2, 0.25) is 0 Å². The van der Waals surface area contributed by atoms with Crippen LogP contribution in [0.4, 0.5) is 0 Å². The number of carboxylic acid groups (broad SMARTS) is 1. The van der Waals surface area contributed by atoms with Crippen molar-refractivity contribution in [3.8, 4) is 0 Å². The van der Waals surface area contributed by atoms with Gasteiger partial charge in [-0.1, -0.05) is 19.1 Å². The van der Waals surface area contributed by atoms with E-state index in [0.717, 1.165) is 34.6 Å². The molecule has 0 saturated heterocycles. The number of carbonyl (C=O) groups is 2. The zero-order valence-electron chi connectivity index (χ0n) is 18.5. The number of hydrogen-bond acceptors (Lipinski definition) is 4. The molecule has 6 nitrogen and oxygen atoms in total. The molecule has 6 rings (SSSR count). The molecule has 0 radical (unpaired) electrons. The van der Waals surface area contributed by atoms with Crippen molar-refractivity contribution in [1.82, 2.24) is 15.1 Å². The summed E-state index contributed by atoms with van der Waals surface area (Å²) in [6.07, 6.45) is 9.18. The number of carbonyl (C=O) groups excluding carboxylic acids is 1. The minimum atomic E-state index is -0.941. The fourth-order valence-corrected chi connectivity index (χ4v) is 7.32. The Morgan fingerprint density at radius 3 is 2.53 bits per heavy atom. The first-order chi connectivity index (χ1) is 15.5. The molecule has 2 aromatic rings. The van der Waals surface area contributed by atoms with Gasteiger partial charge in [0.05, 0.1) is 23.9 Å². The second-order valence-corrected chi connectivity index (χ2v) is 10.9. The Labute approximate surface area is 193 Å². The number of aromatic nitrogens is 2. The maximum atomic E-state index is 13.4. The van der Waals surface area contributed by atoms with Crippen molar-refractivity contribution in [2.45, 2.75) is 63.1 Å². The lowest BCUT2D eigenvalue weighted by molar-refractivity contribution is -0.0120. The Morgan fingerprint density at radius 1 is 1.16 bits per heavy atom. The van der Waals surface area contributed by atoms with E-state index >= 15 is 0 Å². The highest BCUT2D eigenvalue weighted by atomic mass is 32.2. The lowest BCUT2D eigenvalue weighted by Crippen LogP contribution is -2.55. The lowest BCUT2D eigenvalue weighted by Gasteiger charge is -2.54. The Bertz CT molecular complexity index is 990. The van der Waals surface area contributed by atoms with Crippen molar-refractivity contribution in [3.05, 3.63) is 47.2 Å². The summed E-state index contributed by atoms with van der Waals surface area (Å²) in [5.74, 6) is 2.98. The number of hydrogen-bond donors (Lipinski definition) is 2. The number of rotatable bonds is 8. The van der Waals surface area contributed by atoms with Gasteiger partial charge in [-0.25, -0.2) is 4.79 Å². The molecule has 4 fully saturated rings. The van der Waals surface area contributed by atoms with Crippen molar-refractivity contribution in [1.29, 1.82) is 0 Å². The number of carboxylic acids is 1. The van der Waals surface area contributed by atoms with Gasteiger partial charge >= 0.3 is 5.97 Å². The molecule has 4 bridgehead atoms. The van der Waals surface area contributed by atoms with Crippen LogP contribution in [-0.4, -0.2) is 38.6 Å². The van der Waals surface area contributed by atoms with E-state index in [2.05, 4.69) is 17.3 Å². The summed E-state index contributed by atoms with van der Waals surface area (Å²) < 4.78 is 1.84. The molecule has 4 aliphatic rings. The second-order valence-electron chi connectivity index (χ2n) is 9.81. The molecule has 32 heavy (non-hydrogen) atoms. The largest absolute Gasteiger partial charge is 0.478 e. The molecule has 0 aliphatic heterocycles. The molecule has 7 heteroatoms. The number of benzene rings is 1. The molecule has 1 amide bonds. The Balaban J connectivity index is 1.35. The van der Waals surface area contributed by atoms with Crippen LogP contribution in [0.25, 0.3) is 0 Å². The molecule has 170 valence electrons. The van der Waals surface area contributed by atoms with E-state index in [4.69, 9.17) is 0 Å². The Kier molecular flexibility index (Phi) is 6.01. The van der Waals surface area contributed by atoms with E-state index in [9.17, 15) is 14.7 Å². The number of nitrogens with one attached hydrogen (secondary N) is 1. The zero-order chi connectivity index (χ0) is 22.2. The first kappa shape index (κ1) is 21.6. The first-order valence-electron chi connectivity index (χ1n) is 11.8. The molecule has 1 aromatic heterocycles. The van der Waals surface area contributed by atoms with Gasteiger partial charge in [0.1, 0.15) is 5.03 Å². The zero-order valence-corrected chi connectivity index (χ0v) is 19.3. The van der Waals surface area contributed by atoms with Gasteiger partial charge < -0.3 is 10.4 Å². The summed E-state index contributed by atoms with van der Waals surface area (Å²) >= 11 is 1.65. The molecular weight excluding hydrogens is 422 g/mol. The highest BCUT2D eigenvalue weighted by molar-refractivity contribution is 7.99. The summed E-state index contributed by atoms with van der Waals surface area (Å²) in [6, 6.07) is 7.21. The first-order valence-corrected chi connectivity index (χ1v) is 12.8. The van der Waals surface area contributed by atoms with Crippen LogP contribution in [0, 0.1) is 23.7 Å². The molecule has 0 unspecified atom stereocenters. The lowest BCUT2D eigenvalue weighted by atomic mass is 9.54. The normalized spacial score (nSPS) is 28.1. The third-order valence-corrected chi connectivity index (χ3v) is 8.83. The van der Waals surface area contributed by atoms with Gasteiger partial charge in [-0.15, -0.1) is 11.8 Å². The highest BCUT2D eigenvalue weighted by Gasteiger charge is 2.48. The van der Waals surface area contributed by atoms with Gasteiger partial charge in [-0.3, -0.25) is 9.48 Å². The van der Waals surface area contributed by atoms with Crippen LogP contribution in [0.5, 0.6) is 0 Å². The van der Waals surface area contributed by atoms with Crippen LogP contribution < -0.4 is 5.32 Å². The number of aromatic carboxylic acids is 1. The van der Waals surface area contributed by atoms with Crippen molar-refractivity contribution in [3.63, 3.8) is 0 Å². The van der Waals surface area contributed by atoms with Gasteiger partial charge in [0.2, 0.25) is 0 Å². The van der Waals surface area contributed by atoms with Crippen LogP contribution in [0.1, 0.15) is 71.7 Å². The van der Waals surface area contributed by atoms with Crippen LogP contribution in [0.3, 0.4) is 0 Å². The third kappa shape index (κ3) is 4.19. The highest BCUT2D eigenvalue weighted by Crippen LogP contribution is 2.53. The third-order valence-electron chi connectivity index (χ3n) is 7.51. The molecule has 0 spiro atoms. The summed E-state index contributed by atoms with van der Waals surface area (Å²) in [7, 11) is 0. The van der Waals surface area contributed by atoms with Crippen molar-refractivity contribution in [2.24, 2.45) is 23.7 Å². The SMILES string of the molecule is CCCSc1c(C(=O)NC2C3CC4CC(C3)CC2C4)cnn1Cc1cccc(C(=O)O)c1. The monoisotopic (exact) mass is 453 g/mol. The fraction of sp³-hybridized carbons (Fsp3) is 0.560. The van der Waals surface area contributed by atoms with Gasteiger partial charge in [0, 0.05) is 6.04 Å². The molecule has 0 atom stereocenters. The average Bonchev–Trinajstić information content (AvgIpc) is 3.16. The Hall–Kier alpha value is -2.28. The summed E-state index contributed by atoms with van der Waals surface area (Å²) in [6.45, 7) is 2.57. The average molecular weight is 454 g/mol. The van der Waals surface area contributed by atoms with Crippen LogP contribution >= 0.6 is 11.8 Å². The fourth-order valence-electron chi connectivity index (χ4n) is 6.36. The van der Waals surface area contributed by atoms with Gasteiger partial charge in [0.15, 0.2) is 0 Å². The molecule has 4 saturated carbocycles. The summed E-state index contributed by atoms with van der Waals surface area (Å²) in [5, 5.41) is 18.1. The maximum absolute atomic E-state index is 13.4. The summed E-state index contributed by atoms with van der Waals surface area (Å²) in [4.78, 5) is 24.7. The maximum Gasteiger partial charge on any atom is 0.335 e.